The van der Waals surface area contributed by atoms with Crippen LogP contribution in [-0.4, -0.2) is 40.4 Å². The average Bonchev–Trinajstić information content (AvgIpc) is 3.11. The van der Waals surface area contributed by atoms with E-state index in [1.807, 2.05) is 0 Å². The van der Waals surface area contributed by atoms with Crippen molar-refractivity contribution in [2.24, 2.45) is 0 Å². The van der Waals surface area contributed by atoms with E-state index in [0.29, 0.717) is 35.6 Å². The highest BCUT2D eigenvalue weighted by Gasteiger charge is 2.31. The van der Waals surface area contributed by atoms with E-state index in [2.05, 4.69) is 20.5 Å². The Hall–Kier alpha value is -3.24. The molecule has 0 atom stereocenters. The first kappa shape index (κ1) is 18.1. The summed E-state index contributed by atoms with van der Waals surface area (Å²) in [7, 11) is -3.69. The normalized spacial score (nSPS) is 14.4. The van der Waals surface area contributed by atoms with Gasteiger partial charge >= 0.3 is 0 Å². The summed E-state index contributed by atoms with van der Waals surface area (Å²) in [5.41, 5.74) is 7.97. The van der Waals surface area contributed by atoms with E-state index in [1.54, 1.807) is 30.3 Å². The lowest BCUT2D eigenvalue weighted by Gasteiger charge is -2.26. The van der Waals surface area contributed by atoms with Crippen molar-refractivity contribution in [3.8, 4) is 0 Å². The molecule has 10 heteroatoms. The summed E-state index contributed by atoms with van der Waals surface area (Å²) in [4.78, 5) is 16.5. The standard InChI is InChI=1S/C18H18N6O3S/c19-15-6-2-1-5-13(15)18(25)21-17-14-11-24(9-7-16(14)22-23-17)28(26,27)12-4-3-8-20-10-12/h1-6,8,10H,7,9,11,19H2,(H2,21,22,23,25). The maximum Gasteiger partial charge on any atom is 0.258 e. The molecule has 0 fully saturated rings. The molecule has 144 valence electrons. The predicted molar refractivity (Wildman–Crippen MR) is 103 cm³/mol. The second kappa shape index (κ2) is 7.06. The number of nitrogens with two attached hydrogens (primary N) is 1. The molecule has 1 aromatic carbocycles. The summed E-state index contributed by atoms with van der Waals surface area (Å²) in [6, 6.07) is 9.79. The van der Waals surface area contributed by atoms with Crippen LogP contribution in [0, 0.1) is 0 Å². The van der Waals surface area contributed by atoms with Gasteiger partial charge in [-0.15, -0.1) is 0 Å². The molecule has 1 aliphatic rings. The summed E-state index contributed by atoms with van der Waals surface area (Å²) in [5, 5.41) is 9.75. The van der Waals surface area contributed by atoms with E-state index < -0.39 is 15.9 Å². The lowest BCUT2D eigenvalue weighted by molar-refractivity contribution is 0.102. The van der Waals surface area contributed by atoms with Crippen LogP contribution in [0.25, 0.3) is 0 Å². The fourth-order valence-electron chi connectivity index (χ4n) is 3.11. The maximum atomic E-state index is 12.9. The Balaban J connectivity index is 1.59. The van der Waals surface area contributed by atoms with Crippen LogP contribution in [0.3, 0.4) is 0 Å². The fraction of sp³-hybridized carbons (Fsp3) is 0.167. The second-order valence-electron chi connectivity index (χ2n) is 6.35. The number of carbonyl (C=O) groups excluding carboxylic acids is 1. The number of amides is 1. The number of fused-ring (bicyclic) bond motifs is 1. The Morgan fingerprint density at radius 2 is 2.04 bits per heavy atom. The van der Waals surface area contributed by atoms with Crippen molar-refractivity contribution in [2.75, 3.05) is 17.6 Å². The molecule has 1 aliphatic heterocycles. The number of aromatic amines is 1. The number of nitrogens with zero attached hydrogens (tertiary/aromatic N) is 3. The Morgan fingerprint density at radius 3 is 2.79 bits per heavy atom. The Kier molecular flexibility index (Phi) is 4.57. The van der Waals surface area contributed by atoms with E-state index in [9.17, 15) is 13.2 Å². The van der Waals surface area contributed by atoms with E-state index in [4.69, 9.17) is 5.73 Å². The quantitative estimate of drug-likeness (QED) is 0.569. The molecule has 4 rings (SSSR count). The summed E-state index contributed by atoms with van der Waals surface area (Å²) in [6.07, 6.45) is 3.30. The van der Waals surface area contributed by atoms with Crippen LogP contribution < -0.4 is 11.1 Å². The molecular weight excluding hydrogens is 380 g/mol. The highest BCUT2D eigenvalue weighted by Crippen LogP contribution is 2.28. The molecule has 9 nitrogen and oxygen atoms in total. The van der Waals surface area contributed by atoms with Crippen molar-refractivity contribution in [1.29, 1.82) is 0 Å². The molecule has 0 spiro atoms. The van der Waals surface area contributed by atoms with E-state index in [0.717, 1.165) is 5.69 Å². The number of benzene rings is 1. The Bertz CT molecular complexity index is 1130. The van der Waals surface area contributed by atoms with Crippen molar-refractivity contribution < 1.29 is 13.2 Å². The minimum Gasteiger partial charge on any atom is -0.398 e. The van der Waals surface area contributed by atoms with E-state index >= 15 is 0 Å². The van der Waals surface area contributed by atoms with Crippen molar-refractivity contribution >= 4 is 27.4 Å². The highest BCUT2D eigenvalue weighted by atomic mass is 32.2. The molecular formula is C18H18N6O3S. The number of carbonyl (C=O) groups is 1. The van der Waals surface area contributed by atoms with Gasteiger partial charge in [-0.25, -0.2) is 8.42 Å². The Morgan fingerprint density at radius 1 is 1.21 bits per heavy atom. The number of hydrogen-bond donors (Lipinski definition) is 3. The third-order valence-corrected chi connectivity index (χ3v) is 6.44. The molecule has 0 saturated carbocycles. The number of pyridine rings is 1. The molecule has 28 heavy (non-hydrogen) atoms. The number of anilines is 2. The molecule has 0 aliphatic carbocycles. The van der Waals surface area contributed by atoms with Gasteiger partial charge in [-0.1, -0.05) is 12.1 Å². The number of para-hydroxylation sites is 1. The second-order valence-corrected chi connectivity index (χ2v) is 8.29. The molecule has 3 heterocycles. The van der Waals surface area contributed by atoms with Crippen LogP contribution in [0.4, 0.5) is 11.5 Å². The SMILES string of the molecule is Nc1ccccc1C(=O)Nc1n[nH]c2c1CN(S(=O)(=O)c1cccnc1)CC2. The minimum atomic E-state index is -3.69. The van der Waals surface area contributed by atoms with Gasteiger partial charge in [-0.05, 0) is 24.3 Å². The first-order valence-electron chi connectivity index (χ1n) is 8.59. The Labute approximate surface area is 161 Å². The lowest BCUT2D eigenvalue weighted by atomic mass is 10.1. The van der Waals surface area contributed by atoms with Gasteiger partial charge in [0.25, 0.3) is 5.91 Å². The third kappa shape index (κ3) is 3.23. The zero-order valence-corrected chi connectivity index (χ0v) is 15.6. The summed E-state index contributed by atoms with van der Waals surface area (Å²) in [6.45, 7) is 0.411. The minimum absolute atomic E-state index is 0.100. The third-order valence-electron chi connectivity index (χ3n) is 4.61. The number of nitrogens with one attached hydrogen (secondary N) is 2. The lowest BCUT2D eigenvalue weighted by Crippen LogP contribution is -2.36. The summed E-state index contributed by atoms with van der Waals surface area (Å²) < 4.78 is 27.1. The average molecular weight is 398 g/mol. The smallest absolute Gasteiger partial charge is 0.258 e. The van der Waals surface area contributed by atoms with Crippen LogP contribution in [0.15, 0.2) is 53.7 Å². The summed E-state index contributed by atoms with van der Waals surface area (Å²) in [5.74, 6) is -0.103. The zero-order chi connectivity index (χ0) is 19.7. The first-order valence-corrected chi connectivity index (χ1v) is 10.0. The molecule has 0 unspecified atom stereocenters. The monoisotopic (exact) mass is 398 g/mol. The van der Waals surface area contributed by atoms with Crippen LogP contribution >= 0.6 is 0 Å². The van der Waals surface area contributed by atoms with Gasteiger partial charge < -0.3 is 11.1 Å². The predicted octanol–water partition coefficient (Wildman–Crippen LogP) is 1.39. The van der Waals surface area contributed by atoms with Crippen LogP contribution in [-0.2, 0) is 23.0 Å². The maximum absolute atomic E-state index is 12.9. The van der Waals surface area contributed by atoms with Gasteiger partial charge in [0.1, 0.15) is 4.90 Å². The van der Waals surface area contributed by atoms with Gasteiger partial charge in [-0.3, -0.25) is 14.9 Å². The summed E-state index contributed by atoms with van der Waals surface area (Å²) >= 11 is 0. The number of nitrogen functional groups attached to an aromatic ring is 1. The van der Waals surface area contributed by atoms with Gasteiger partial charge in [0, 0.05) is 48.8 Å². The molecule has 0 radical (unpaired) electrons. The van der Waals surface area contributed by atoms with Crippen molar-refractivity contribution in [3.63, 3.8) is 0 Å². The fourth-order valence-corrected chi connectivity index (χ4v) is 4.48. The molecule has 1 amide bonds. The molecule has 0 bridgehead atoms. The first-order chi connectivity index (χ1) is 13.5. The zero-order valence-electron chi connectivity index (χ0n) is 14.8. The van der Waals surface area contributed by atoms with Crippen molar-refractivity contribution in [3.05, 3.63) is 65.6 Å². The van der Waals surface area contributed by atoms with Crippen LogP contribution in [0.1, 0.15) is 21.6 Å². The number of rotatable bonds is 4. The topological polar surface area (TPSA) is 134 Å². The number of hydrogen-bond acceptors (Lipinski definition) is 6. The number of H-pyrrole nitrogens is 1. The van der Waals surface area contributed by atoms with Gasteiger partial charge in [0.05, 0.1) is 5.56 Å². The van der Waals surface area contributed by atoms with Crippen molar-refractivity contribution in [1.82, 2.24) is 19.5 Å². The van der Waals surface area contributed by atoms with Crippen LogP contribution in [0.5, 0.6) is 0 Å². The molecule has 3 aromatic rings. The highest BCUT2D eigenvalue weighted by molar-refractivity contribution is 7.89. The number of sulfonamides is 1. The largest absolute Gasteiger partial charge is 0.398 e. The van der Waals surface area contributed by atoms with Crippen LogP contribution in [0.2, 0.25) is 0 Å². The molecule has 4 N–H and O–H groups in total. The van der Waals surface area contributed by atoms with Gasteiger partial charge in [0.15, 0.2) is 5.82 Å². The van der Waals surface area contributed by atoms with Gasteiger partial charge in [-0.2, -0.15) is 9.40 Å². The van der Waals surface area contributed by atoms with Crippen molar-refractivity contribution in [2.45, 2.75) is 17.9 Å². The molecule has 0 saturated heterocycles. The van der Waals surface area contributed by atoms with E-state index in [1.165, 1.54) is 22.8 Å². The van der Waals surface area contributed by atoms with E-state index in [-0.39, 0.29) is 11.4 Å². The van der Waals surface area contributed by atoms with Gasteiger partial charge in [0.2, 0.25) is 10.0 Å². The molecule has 2 aromatic heterocycles. The number of aromatic nitrogens is 3.